The molecule has 0 N–H and O–H groups in total. The van der Waals surface area contributed by atoms with E-state index in [1.807, 2.05) is 0 Å². The third-order valence-corrected chi connectivity index (χ3v) is 2.54. The number of hydrogen-bond acceptors (Lipinski definition) is 2. The highest BCUT2D eigenvalue weighted by Crippen LogP contribution is 2.28. The summed E-state index contributed by atoms with van der Waals surface area (Å²) in [4.78, 5) is 11.1. The summed E-state index contributed by atoms with van der Waals surface area (Å²) in [6, 6.07) is 0. The van der Waals surface area contributed by atoms with Gasteiger partial charge in [-0.05, 0) is 38.5 Å². The van der Waals surface area contributed by atoms with Crippen molar-refractivity contribution in [3.8, 4) is 0 Å². The lowest BCUT2D eigenvalue weighted by Gasteiger charge is -2.23. The Kier molecular flexibility index (Phi) is 8.24. The highest BCUT2D eigenvalue weighted by Gasteiger charge is 2.22. The molecule has 2 nitrogen and oxygen atoms in total. The summed E-state index contributed by atoms with van der Waals surface area (Å²) >= 11 is 0. The predicted octanol–water partition coefficient (Wildman–Crippen LogP) is 3.05. The van der Waals surface area contributed by atoms with E-state index in [1.54, 1.807) is 6.92 Å². The van der Waals surface area contributed by atoms with Crippen LogP contribution in [0, 0.1) is 5.92 Å². The maximum absolute atomic E-state index is 12.7. The molecule has 0 unspecified atom stereocenters. The molecule has 1 aliphatic rings. The molecular formula is C11H20F2O2. The molecule has 0 radical (unpaired) electrons. The van der Waals surface area contributed by atoms with Crippen molar-refractivity contribution >= 4 is 5.97 Å². The van der Waals surface area contributed by atoms with Gasteiger partial charge in [0.2, 0.25) is 0 Å². The smallest absolute Gasteiger partial charge is 0.306 e. The number of hydrogen-bond donors (Lipinski definition) is 0. The minimum Gasteiger partial charge on any atom is -0.466 e. The number of carbonyl (C=O) groups excluding carboxylic acids is 1. The summed E-state index contributed by atoms with van der Waals surface area (Å²) in [5.74, 6) is 0.218. The van der Waals surface area contributed by atoms with Gasteiger partial charge in [-0.25, -0.2) is 4.39 Å². The summed E-state index contributed by atoms with van der Waals surface area (Å²) in [5.41, 5.74) is 0. The molecule has 1 rings (SSSR count). The van der Waals surface area contributed by atoms with Crippen molar-refractivity contribution in [1.82, 2.24) is 0 Å². The first-order valence-corrected chi connectivity index (χ1v) is 5.40. The second-order valence-corrected chi connectivity index (χ2v) is 3.63. The zero-order valence-corrected chi connectivity index (χ0v) is 9.47. The lowest BCUT2D eigenvalue weighted by molar-refractivity contribution is -0.144. The standard InChI is InChI=1S/C10H17FO2.CH3F/c1-2-13-10(12)7-8-3-5-9(11)6-4-8;1-2/h8-9H,2-7H2,1H3;1H3. The molecule has 0 amide bonds. The van der Waals surface area contributed by atoms with Crippen molar-refractivity contribution in [1.29, 1.82) is 0 Å². The second-order valence-electron chi connectivity index (χ2n) is 3.63. The Morgan fingerprint density at radius 1 is 1.27 bits per heavy atom. The quantitative estimate of drug-likeness (QED) is 0.686. The molecule has 4 heteroatoms. The fourth-order valence-corrected chi connectivity index (χ4v) is 1.78. The van der Waals surface area contributed by atoms with Crippen molar-refractivity contribution in [3.63, 3.8) is 0 Å². The van der Waals surface area contributed by atoms with Gasteiger partial charge in [0.05, 0.1) is 13.8 Å². The van der Waals surface area contributed by atoms with Crippen molar-refractivity contribution in [2.45, 2.75) is 45.2 Å². The minimum absolute atomic E-state index is 0.134. The van der Waals surface area contributed by atoms with Gasteiger partial charge in [-0.3, -0.25) is 9.18 Å². The number of carbonyl (C=O) groups is 1. The van der Waals surface area contributed by atoms with Gasteiger partial charge in [-0.2, -0.15) is 0 Å². The predicted molar refractivity (Wildman–Crippen MR) is 55.1 cm³/mol. The molecule has 0 bridgehead atoms. The average Bonchev–Trinajstić information content (AvgIpc) is 2.25. The summed E-state index contributed by atoms with van der Waals surface area (Å²) in [7, 11) is 0.500. The van der Waals surface area contributed by atoms with Crippen LogP contribution >= 0.6 is 0 Å². The van der Waals surface area contributed by atoms with Gasteiger partial charge in [0.15, 0.2) is 0 Å². The molecule has 1 saturated carbocycles. The molecule has 0 atom stereocenters. The van der Waals surface area contributed by atoms with Crippen LogP contribution in [-0.4, -0.2) is 25.9 Å². The van der Waals surface area contributed by atoms with Crippen molar-refractivity contribution < 1.29 is 18.3 Å². The Bertz CT molecular complexity index is 166. The van der Waals surface area contributed by atoms with Crippen LogP contribution in [0.15, 0.2) is 0 Å². The molecule has 90 valence electrons. The van der Waals surface area contributed by atoms with Crippen LogP contribution in [0.3, 0.4) is 0 Å². The van der Waals surface area contributed by atoms with Crippen LogP contribution in [0.4, 0.5) is 8.78 Å². The van der Waals surface area contributed by atoms with Gasteiger partial charge < -0.3 is 4.74 Å². The fourth-order valence-electron chi connectivity index (χ4n) is 1.78. The number of ether oxygens (including phenoxy) is 1. The van der Waals surface area contributed by atoms with Crippen molar-refractivity contribution in [2.75, 3.05) is 13.8 Å². The number of esters is 1. The fraction of sp³-hybridized carbons (Fsp3) is 0.909. The molecule has 0 aliphatic heterocycles. The van der Waals surface area contributed by atoms with E-state index in [2.05, 4.69) is 0 Å². The van der Waals surface area contributed by atoms with Gasteiger partial charge in [0.25, 0.3) is 0 Å². The topological polar surface area (TPSA) is 26.3 Å². The number of rotatable bonds is 3. The first-order chi connectivity index (χ1) is 7.22. The van der Waals surface area contributed by atoms with Gasteiger partial charge in [0.1, 0.15) is 6.17 Å². The van der Waals surface area contributed by atoms with E-state index in [4.69, 9.17) is 4.74 Å². The SMILES string of the molecule is CCOC(=O)CC1CCC(F)CC1.CF. The van der Waals surface area contributed by atoms with E-state index in [9.17, 15) is 13.6 Å². The maximum atomic E-state index is 12.7. The Labute approximate surface area is 90.0 Å². The summed E-state index contributed by atoms with van der Waals surface area (Å²) in [6.45, 7) is 2.24. The molecule has 0 aromatic carbocycles. The molecule has 0 aromatic heterocycles. The van der Waals surface area contributed by atoms with Crippen LogP contribution in [0.2, 0.25) is 0 Å². The second kappa shape index (κ2) is 8.62. The molecule has 1 aliphatic carbocycles. The highest BCUT2D eigenvalue weighted by atomic mass is 19.1. The van der Waals surface area contributed by atoms with Crippen molar-refractivity contribution in [3.05, 3.63) is 0 Å². The zero-order chi connectivity index (χ0) is 11.7. The van der Waals surface area contributed by atoms with E-state index in [0.29, 0.717) is 39.0 Å². The lowest BCUT2D eigenvalue weighted by Crippen LogP contribution is -2.19. The third kappa shape index (κ3) is 6.42. The molecule has 0 saturated heterocycles. The van der Waals surface area contributed by atoms with Crippen LogP contribution in [0.5, 0.6) is 0 Å². The lowest BCUT2D eigenvalue weighted by atomic mass is 9.86. The van der Waals surface area contributed by atoms with Crippen LogP contribution < -0.4 is 0 Å². The molecule has 15 heavy (non-hydrogen) atoms. The van der Waals surface area contributed by atoms with Crippen LogP contribution in [0.25, 0.3) is 0 Å². The summed E-state index contributed by atoms with van der Waals surface area (Å²) < 4.78 is 27.1. The minimum atomic E-state index is -0.640. The van der Waals surface area contributed by atoms with Crippen molar-refractivity contribution in [2.24, 2.45) is 5.92 Å². The maximum Gasteiger partial charge on any atom is 0.306 e. The van der Waals surface area contributed by atoms with Gasteiger partial charge in [-0.1, -0.05) is 0 Å². The normalized spacial score (nSPS) is 25.1. The van der Waals surface area contributed by atoms with E-state index in [-0.39, 0.29) is 5.97 Å². The summed E-state index contributed by atoms with van der Waals surface area (Å²) in [6.07, 6.45) is 2.73. The Morgan fingerprint density at radius 2 is 1.80 bits per heavy atom. The zero-order valence-electron chi connectivity index (χ0n) is 9.47. The van der Waals surface area contributed by atoms with Gasteiger partial charge in [-0.15, -0.1) is 0 Å². The van der Waals surface area contributed by atoms with E-state index < -0.39 is 6.17 Å². The highest BCUT2D eigenvalue weighted by molar-refractivity contribution is 5.69. The van der Waals surface area contributed by atoms with E-state index in [1.165, 1.54) is 0 Å². The Balaban J connectivity index is 0.000000921. The molecule has 0 spiro atoms. The van der Waals surface area contributed by atoms with Gasteiger partial charge >= 0.3 is 5.97 Å². The molecular weight excluding hydrogens is 202 g/mol. The molecule has 0 aromatic rings. The first-order valence-electron chi connectivity index (χ1n) is 5.40. The molecule has 0 heterocycles. The van der Waals surface area contributed by atoms with E-state index in [0.717, 1.165) is 12.8 Å². The first kappa shape index (κ1) is 14.3. The average molecular weight is 222 g/mol. The van der Waals surface area contributed by atoms with E-state index >= 15 is 0 Å². The molecule has 1 fully saturated rings. The summed E-state index contributed by atoms with van der Waals surface area (Å²) in [5, 5.41) is 0. The number of halogens is 2. The Morgan fingerprint density at radius 3 is 2.27 bits per heavy atom. The Hall–Kier alpha value is -0.670. The van der Waals surface area contributed by atoms with Gasteiger partial charge in [0, 0.05) is 6.42 Å². The monoisotopic (exact) mass is 222 g/mol. The number of alkyl halides is 2. The van der Waals surface area contributed by atoms with Crippen LogP contribution in [-0.2, 0) is 9.53 Å². The third-order valence-electron chi connectivity index (χ3n) is 2.54. The largest absolute Gasteiger partial charge is 0.466 e. The van der Waals surface area contributed by atoms with Crippen LogP contribution in [0.1, 0.15) is 39.0 Å².